The number of ether oxygens (including phenoxy) is 2. The third-order valence-corrected chi connectivity index (χ3v) is 3.02. The maximum atomic E-state index is 11.1. The second kappa shape index (κ2) is 4.51. The molecule has 0 amide bonds. The third-order valence-electron chi connectivity index (χ3n) is 3.02. The molecule has 0 aromatic rings. The Morgan fingerprint density at radius 2 is 2.00 bits per heavy atom. The van der Waals surface area contributed by atoms with Crippen molar-refractivity contribution in [3.8, 4) is 0 Å². The zero-order valence-electron chi connectivity index (χ0n) is 9.94. The number of aliphatic hydroxyl groups excluding tert-OH is 2. The van der Waals surface area contributed by atoms with Crippen molar-refractivity contribution in [1.82, 2.24) is 5.06 Å². The Kier molecular flexibility index (Phi) is 3.37. The van der Waals surface area contributed by atoms with Crippen LogP contribution >= 0.6 is 0 Å². The molecule has 0 spiro atoms. The van der Waals surface area contributed by atoms with E-state index in [9.17, 15) is 15.0 Å². The quantitative estimate of drug-likeness (QED) is 0.470. The van der Waals surface area contributed by atoms with E-state index in [1.165, 1.54) is 12.2 Å². The molecular weight excluding hydrogens is 230 g/mol. The molecule has 0 bridgehead atoms. The van der Waals surface area contributed by atoms with E-state index in [-0.39, 0.29) is 6.04 Å². The lowest BCUT2D eigenvalue weighted by Crippen LogP contribution is -2.47. The summed E-state index contributed by atoms with van der Waals surface area (Å²) in [6, 6.07) is -0.0219. The molecule has 0 radical (unpaired) electrons. The van der Waals surface area contributed by atoms with Gasteiger partial charge in [-0.15, -0.1) is 0 Å². The maximum absolute atomic E-state index is 11.1. The number of nitrogens with zero attached hydrogens (tertiary/aromatic N) is 1. The summed E-state index contributed by atoms with van der Waals surface area (Å²) in [5.74, 6) is -0.758. The molecule has 2 aliphatic heterocycles. The number of rotatable bonds is 3. The molecule has 17 heavy (non-hydrogen) atoms. The van der Waals surface area contributed by atoms with E-state index in [1.54, 1.807) is 0 Å². The van der Waals surface area contributed by atoms with E-state index in [0.717, 1.165) is 0 Å². The lowest BCUT2D eigenvalue weighted by atomic mass is 10.1. The largest absolute Gasteiger partial charge is 0.455 e. The molecule has 7 nitrogen and oxygen atoms in total. The molecule has 2 fully saturated rings. The van der Waals surface area contributed by atoms with E-state index in [1.807, 2.05) is 13.8 Å². The van der Waals surface area contributed by atoms with Gasteiger partial charge < -0.3 is 19.7 Å². The highest BCUT2D eigenvalue weighted by Crippen LogP contribution is 2.34. The molecule has 2 heterocycles. The predicted molar refractivity (Wildman–Crippen MR) is 54.5 cm³/mol. The van der Waals surface area contributed by atoms with Crippen LogP contribution in [0.25, 0.3) is 0 Å². The topological polar surface area (TPSA) is 88.5 Å². The van der Waals surface area contributed by atoms with Gasteiger partial charge in [0.25, 0.3) is 0 Å². The first-order chi connectivity index (χ1) is 7.97. The van der Waals surface area contributed by atoms with Crippen LogP contribution in [0.3, 0.4) is 0 Å². The molecular formula is C10H17NO6. The van der Waals surface area contributed by atoms with Crippen LogP contribution in [0.4, 0.5) is 0 Å². The number of carbonyl (C=O) groups is 1. The molecule has 0 aromatic heterocycles. The van der Waals surface area contributed by atoms with E-state index in [2.05, 4.69) is 0 Å². The number of fused-ring (bicyclic) bond motifs is 1. The van der Waals surface area contributed by atoms with Gasteiger partial charge in [-0.1, -0.05) is 0 Å². The fourth-order valence-electron chi connectivity index (χ4n) is 2.22. The minimum atomic E-state index is -1.34. The average molecular weight is 247 g/mol. The van der Waals surface area contributed by atoms with Crippen LogP contribution in [0.2, 0.25) is 0 Å². The molecule has 5 atom stereocenters. The van der Waals surface area contributed by atoms with Crippen molar-refractivity contribution in [2.24, 2.45) is 0 Å². The zero-order chi connectivity index (χ0) is 12.7. The second-order valence-electron chi connectivity index (χ2n) is 4.46. The Morgan fingerprint density at radius 1 is 1.35 bits per heavy atom. The summed E-state index contributed by atoms with van der Waals surface area (Å²) in [5.41, 5.74) is 0. The fraction of sp³-hybridized carbons (Fsp3) is 0.900. The Hall–Kier alpha value is -0.730. The molecule has 0 saturated carbocycles. The molecule has 2 saturated heterocycles. The maximum Gasteiger partial charge on any atom is 0.338 e. The molecule has 7 heteroatoms. The van der Waals surface area contributed by atoms with Gasteiger partial charge >= 0.3 is 5.97 Å². The number of carbonyl (C=O) groups excluding carboxylic acids is 1. The summed E-state index contributed by atoms with van der Waals surface area (Å²) < 4.78 is 10.3. The van der Waals surface area contributed by atoms with Gasteiger partial charge in [0.2, 0.25) is 0 Å². The summed E-state index contributed by atoms with van der Waals surface area (Å²) in [7, 11) is 1.46. The lowest BCUT2D eigenvalue weighted by molar-refractivity contribution is -0.268. The van der Waals surface area contributed by atoms with E-state index in [0.29, 0.717) is 0 Å². The summed E-state index contributed by atoms with van der Waals surface area (Å²) in [6.45, 7) is 3.74. The molecule has 2 unspecified atom stereocenters. The van der Waals surface area contributed by atoms with Crippen LogP contribution < -0.4 is 0 Å². The number of aliphatic hydroxyl groups is 2. The second-order valence-corrected chi connectivity index (χ2v) is 4.46. The Balaban J connectivity index is 2.13. The summed E-state index contributed by atoms with van der Waals surface area (Å²) in [6.07, 6.45) is -4.80. The highest BCUT2D eigenvalue weighted by molar-refractivity contribution is 5.78. The van der Waals surface area contributed by atoms with Gasteiger partial charge in [0, 0.05) is 6.04 Å². The SMILES string of the molecule is CON(C(C)C)C1O[C@@H]2[C@H](O)C(=O)O[C@H]2C1O. The monoisotopic (exact) mass is 247 g/mol. The Labute approximate surface area is 98.8 Å². The van der Waals surface area contributed by atoms with Gasteiger partial charge in [-0.3, -0.25) is 4.84 Å². The molecule has 0 aliphatic carbocycles. The van der Waals surface area contributed by atoms with Crippen molar-refractivity contribution in [1.29, 1.82) is 0 Å². The minimum absolute atomic E-state index is 0.0219. The highest BCUT2D eigenvalue weighted by Gasteiger charge is 2.58. The number of hydrogen-bond acceptors (Lipinski definition) is 7. The van der Waals surface area contributed by atoms with Gasteiger partial charge in [0.1, 0.15) is 12.2 Å². The zero-order valence-corrected chi connectivity index (χ0v) is 9.94. The average Bonchev–Trinajstić information content (AvgIpc) is 2.71. The normalized spacial score (nSPS) is 41.1. The minimum Gasteiger partial charge on any atom is -0.455 e. The van der Waals surface area contributed by atoms with Crippen LogP contribution in [0.15, 0.2) is 0 Å². The van der Waals surface area contributed by atoms with Crippen LogP contribution in [-0.2, 0) is 19.1 Å². The van der Waals surface area contributed by atoms with Crippen molar-refractivity contribution in [2.75, 3.05) is 7.11 Å². The first-order valence-electron chi connectivity index (χ1n) is 5.52. The van der Waals surface area contributed by atoms with E-state index < -0.39 is 36.6 Å². The van der Waals surface area contributed by atoms with E-state index in [4.69, 9.17) is 14.3 Å². The summed E-state index contributed by atoms with van der Waals surface area (Å²) in [5, 5.41) is 21.0. The first kappa shape index (κ1) is 12.7. The predicted octanol–water partition coefficient (Wildman–Crippen LogP) is -1.37. The standard InChI is InChI=1S/C10H17NO6/c1-4(2)11(15-3)9-5(12)7-8(16-9)6(13)10(14)17-7/h4-9,12-13H,1-3H3/t5?,6-,7-,8+,9?/m0/s1. The van der Waals surface area contributed by atoms with Gasteiger partial charge in [-0.2, -0.15) is 5.06 Å². The smallest absolute Gasteiger partial charge is 0.338 e. The lowest BCUT2D eigenvalue weighted by Gasteiger charge is -2.31. The van der Waals surface area contributed by atoms with Crippen LogP contribution in [0, 0.1) is 0 Å². The fourth-order valence-corrected chi connectivity index (χ4v) is 2.22. The molecule has 98 valence electrons. The van der Waals surface area contributed by atoms with Crippen molar-refractivity contribution >= 4 is 5.97 Å². The molecule has 2 aliphatic rings. The van der Waals surface area contributed by atoms with Gasteiger partial charge in [-0.05, 0) is 13.8 Å². The van der Waals surface area contributed by atoms with Crippen molar-refractivity contribution < 1.29 is 29.3 Å². The van der Waals surface area contributed by atoms with Crippen LogP contribution in [0.1, 0.15) is 13.8 Å². The molecule has 0 aromatic carbocycles. The molecule has 2 rings (SSSR count). The van der Waals surface area contributed by atoms with Crippen LogP contribution in [-0.4, -0.2) is 65.0 Å². The van der Waals surface area contributed by atoms with Crippen molar-refractivity contribution in [2.45, 2.75) is 50.5 Å². The van der Waals surface area contributed by atoms with E-state index >= 15 is 0 Å². The van der Waals surface area contributed by atoms with Gasteiger partial charge in [0.05, 0.1) is 7.11 Å². The summed E-state index contributed by atoms with van der Waals surface area (Å²) >= 11 is 0. The number of hydroxylamine groups is 2. The van der Waals surface area contributed by atoms with Gasteiger partial charge in [0.15, 0.2) is 18.4 Å². The molecule has 2 N–H and O–H groups in total. The van der Waals surface area contributed by atoms with Crippen molar-refractivity contribution in [3.05, 3.63) is 0 Å². The Morgan fingerprint density at radius 3 is 2.47 bits per heavy atom. The third kappa shape index (κ3) is 1.94. The van der Waals surface area contributed by atoms with Crippen LogP contribution in [0.5, 0.6) is 0 Å². The number of hydrogen-bond donors (Lipinski definition) is 2. The summed E-state index contributed by atoms with van der Waals surface area (Å²) in [4.78, 5) is 16.2. The number of esters is 1. The van der Waals surface area contributed by atoms with Gasteiger partial charge in [-0.25, -0.2) is 4.79 Å². The Bertz CT molecular complexity index is 309. The first-order valence-corrected chi connectivity index (χ1v) is 5.52. The van der Waals surface area contributed by atoms with Crippen molar-refractivity contribution in [3.63, 3.8) is 0 Å². The highest BCUT2D eigenvalue weighted by atomic mass is 16.7.